The first-order chi connectivity index (χ1) is 10.7. The molecule has 4 heteroatoms. The largest absolute Gasteiger partial charge is 0.350 e. The molecule has 0 bridgehead atoms. The van der Waals surface area contributed by atoms with Crippen molar-refractivity contribution >= 4 is 11.7 Å². The van der Waals surface area contributed by atoms with E-state index in [0.717, 1.165) is 12.8 Å². The molecule has 0 saturated heterocycles. The van der Waals surface area contributed by atoms with Crippen molar-refractivity contribution in [2.45, 2.75) is 66.7 Å². The Morgan fingerprint density at radius 1 is 1.39 bits per heavy atom. The number of carbonyl (C=O) groups excluding carboxylic acids is 1. The molecule has 0 heterocycles. The monoisotopic (exact) mass is 317 g/mol. The van der Waals surface area contributed by atoms with Crippen LogP contribution >= 0.6 is 0 Å². The van der Waals surface area contributed by atoms with Crippen molar-refractivity contribution in [1.82, 2.24) is 5.43 Å². The summed E-state index contributed by atoms with van der Waals surface area (Å²) in [5, 5.41) is 3.84. The van der Waals surface area contributed by atoms with Crippen LogP contribution in [0.4, 0.5) is 4.79 Å². The van der Waals surface area contributed by atoms with Crippen LogP contribution in [0.1, 0.15) is 66.7 Å². The van der Waals surface area contributed by atoms with Gasteiger partial charge < -0.3 is 5.73 Å². The summed E-state index contributed by atoms with van der Waals surface area (Å²) in [5.41, 5.74) is 12.8. The van der Waals surface area contributed by atoms with Crippen LogP contribution in [0.3, 0.4) is 0 Å². The van der Waals surface area contributed by atoms with Crippen LogP contribution in [-0.4, -0.2) is 11.7 Å². The predicted octanol–water partition coefficient (Wildman–Crippen LogP) is 4.84. The Morgan fingerprint density at radius 2 is 2.09 bits per heavy atom. The second kappa shape index (κ2) is 8.70. The number of hydrogen-bond donors (Lipinski definition) is 2. The smallest absolute Gasteiger partial charge is 0.332 e. The van der Waals surface area contributed by atoms with Gasteiger partial charge in [0.05, 0.1) is 5.71 Å². The molecular weight excluding hydrogens is 286 g/mol. The maximum atomic E-state index is 10.6. The highest BCUT2D eigenvalue weighted by Crippen LogP contribution is 2.42. The van der Waals surface area contributed by atoms with E-state index in [9.17, 15) is 4.79 Å². The molecule has 128 valence electrons. The lowest BCUT2D eigenvalue weighted by Crippen LogP contribution is -2.25. The lowest BCUT2D eigenvalue weighted by molar-refractivity contribution is 0.249. The Labute approximate surface area is 140 Å². The molecule has 0 aromatic heterocycles. The quantitative estimate of drug-likeness (QED) is 0.313. The molecule has 0 aromatic carbocycles. The van der Waals surface area contributed by atoms with Gasteiger partial charge in [0.1, 0.15) is 0 Å². The van der Waals surface area contributed by atoms with Gasteiger partial charge in [-0.1, -0.05) is 42.7 Å². The van der Waals surface area contributed by atoms with Gasteiger partial charge in [-0.05, 0) is 64.4 Å². The Hall–Kier alpha value is -1.84. The molecule has 1 aliphatic carbocycles. The van der Waals surface area contributed by atoms with Gasteiger partial charge in [-0.3, -0.25) is 0 Å². The summed E-state index contributed by atoms with van der Waals surface area (Å²) in [6, 6.07) is -0.650. The summed E-state index contributed by atoms with van der Waals surface area (Å²) in [6.07, 6.45) is 12.0. The van der Waals surface area contributed by atoms with Crippen LogP contribution in [-0.2, 0) is 0 Å². The predicted molar refractivity (Wildman–Crippen MR) is 98.3 cm³/mol. The minimum atomic E-state index is -0.650. The van der Waals surface area contributed by atoms with Crippen molar-refractivity contribution in [1.29, 1.82) is 0 Å². The van der Waals surface area contributed by atoms with Crippen molar-refractivity contribution in [2.24, 2.45) is 16.3 Å². The van der Waals surface area contributed by atoms with E-state index in [1.807, 2.05) is 19.1 Å². The van der Waals surface area contributed by atoms with E-state index in [4.69, 9.17) is 5.73 Å². The maximum absolute atomic E-state index is 10.6. The fraction of sp³-hybridized carbons (Fsp3) is 0.579. The Balaban J connectivity index is 2.57. The lowest BCUT2D eigenvalue weighted by atomic mass is 9.71. The molecule has 0 aliphatic heterocycles. The van der Waals surface area contributed by atoms with Crippen molar-refractivity contribution in [2.75, 3.05) is 0 Å². The van der Waals surface area contributed by atoms with Gasteiger partial charge >= 0.3 is 6.03 Å². The van der Waals surface area contributed by atoms with Crippen molar-refractivity contribution in [3.8, 4) is 0 Å². The van der Waals surface area contributed by atoms with Gasteiger partial charge in [0.25, 0.3) is 0 Å². The van der Waals surface area contributed by atoms with Gasteiger partial charge in [-0.15, -0.1) is 0 Å². The van der Waals surface area contributed by atoms with Crippen molar-refractivity contribution in [3.63, 3.8) is 0 Å². The van der Waals surface area contributed by atoms with Crippen LogP contribution < -0.4 is 11.2 Å². The molecule has 0 atom stereocenters. The first-order valence-electron chi connectivity index (χ1n) is 8.35. The molecule has 23 heavy (non-hydrogen) atoms. The van der Waals surface area contributed by atoms with Gasteiger partial charge in [0.15, 0.2) is 0 Å². The highest BCUT2D eigenvalue weighted by molar-refractivity contribution is 5.93. The van der Waals surface area contributed by atoms with Gasteiger partial charge in [0, 0.05) is 0 Å². The number of nitrogens with zero attached hydrogens (tertiary/aromatic N) is 1. The summed E-state index contributed by atoms with van der Waals surface area (Å²) < 4.78 is 0. The summed E-state index contributed by atoms with van der Waals surface area (Å²) in [6.45, 7) is 11.0. The Morgan fingerprint density at radius 3 is 2.70 bits per heavy atom. The number of nitrogens with one attached hydrogen (secondary N) is 1. The molecule has 0 unspecified atom stereocenters. The van der Waals surface area contributed by atoms with Crippen LogP contribution in [0.5, 0.6) is 0 Å². The number of hydrazone groups is 1. The highest BCUT2D eigenvalue weighted by Gasteiger charge is 2.27. The number of allylic oxidation sites excluding steroid dienone is 6. The summed E-state index contributed by atoms with van der Waals surface area (Å²) in [5.74, 6) is 0. The normalized spacial score (nSPS) is 19.3. The zero-order chi connectivity index (χ0) is 17.5. The fourth-order valence-corrected chi connectivity index (χ4v) is 3.16. The third-order valence-electron chi connectivity index (χ3n) is 4.52. The van der Waals surface area contributed by atoms with Gasteiger partial charge in [-0.2, -0.15) is 5.10 Å². The minimum absolute atomic E-state index is 0.349. The number of amides is 2. The summed E-state index contributed by atoms with van der Waals surface area (Å²) in [7, 11) is 0. The molecule has 0 fully saturated rings. The SMILES string of the molecule is CC1=C(CC/C(C)=C/C=C/C(C)=N/NC(N)=O)C(C)(C)CCC1. The van der Waals surface area contributed by atoms with Crippen molar-refractivity contribution < 1.29 is 4.79 Å². The summed E-state index contributed by atoms with van der Waals surface area (Å²) in [4.78, 5) is 10.6. The number of hydrogen-bond acceptors (Lipinski definition) is 2. The standard InChI is InChI=1S/C19H31N3O/c1-14(8-6-10-16(3)21-22-18(20)23)11-12-17-15(2)9-7-13-19(17,4)5/h6,8,10H,7,9,11-13H2,1-5H3,(H3,20,22,23)/b10-6+,14-8+,21-16+. The number of nitrogens with two attached hydrogens (primary N) is 1. The molecule has 0 saturated carbocycles. The molecule has 1 rings (SSSR count). The average Bonchev–Trinajstić information content (AvgIpc) is 2.44. The molecule has 2 amide bonds. The fourth-order valence-electron chi connectivity index (χ4n) is 3.16. The molecule has 0 aromatic rings. The van der Waals surface area contributed by atoms with Gasteiger partial charge in [0.2, 0.25) is 0 Å². The van der Waals surface area contributed by atoms with E-state index in [1.165, 1.54) is 24.8 Å². The van der Waals surface area contributed by atoms with E-state index in [-0.39, 0.29) is 0 Å². The number of primary amides is 1. The van der Waals surface area contributed by atoms with E-state index in [0.29, 0.717) is 11.1 Å². The molecule has 3 N–H and O–H groups in total. The Bertz CT molecular complexity index is 551. The zero-order valence-electron chi connectivity index (χ0n) is 15.2. The van der Waals surface area contributed by atoms with Crippen LogP contribution in [0.2, 0.25) is 0 Å². The molecule has 0 radical (unpaired) electrons. The lowest BCUT2D eigenvalue weighted by Gasteiger charge is -2.34. The zero-order valence-corrected chi connectivity index (χ0v) is 15.2. The molecular formula is C19H31N3O. The first-order valence-corrected chi connectivity index (χ1v) is 8.35. The third kappa shape index (κ3) is 6.85. The van der Waals surface area contributed by atoms with E-state index >= 15 is 0 Å². The van der Waals surface area contributed by atoms with Crippen molar-refractivity contribution in [3.05, 3.63) is 34.9 Å². The van der Waals surface area contributed by atoms with Crippen LogP contribution in [0, 0.1) is 5.41 Å². The summed E-state index contributed by atoms with van der Waals surface area (Å²) >= 11 is 0. The topological polar surface area (TPSA) is 67.5 Å². The Kier molecular flexibility index (Phi) is 7.27. The maximum Gasteiger partial charge on any atom is 0.332 e. The van der Waals surface area contributed by atoms with Crippen LogP contribution in [0.15, 0.2) is 40.0 Å². The van der Waals surface area contributed by atoms with E-state index in [1.54, 1.807) is 11.1 Å². The van der Waals surface area contributed by atoms with E-state index in [2.05, 4.69) is 44.3 Å². The molecule has 1 aliphatic rings. The number of carbonyl (C=O) groups is 1. The number of urea groups is 1. The average molecular weight is 317 g/mol. The molecule has 0 spiro atoms. The van der Waals surface area contributed by atoms with Gasteiger partial charge in [-0.25, -0.2) is 10.2 Å². The highest BCUT2D eigenvalue weighted by atomic mass is 16.2. The number of rotatable bonds is 6. The minimum Gasteiger partial charge on any atom is -0.350 e. The first kappa shape index (κ1) is 19.2. The van der Waals surface area contributed by atoms with E-state index < -0.39 is 6.03 Å². The second-order valence-corrected chi connectivity index (χ2v) is 7.10. The molecule has 4 nitrogen and oxygen atoms in total. The second-order valence-electron chi connectivity index (χ2n) is 7.10. The third-order valence-corrected chi connectivity index (χ3v) is 4.52. The van der Waals surface area contributed by atoms with Crippen LogP contribution in [0.25, 0.3) is 0 Å².